The average Bonchev–Trinajstić information content (AvgIpc) is 3.06. The minimum absolute atomic E-state index is 0.126. The number of aliphatic imine (C=N–C) groups is 1. The second kappa shape index (κ2) is 8.92. The number of hydrogen-bond acceptors (Lipinski definition) is 4. The van der Waals surface area contributed by atoms with Crippen LogP contribution in [0.4, 0.5) is 0 Å². The number of nitrogens with two attached hydrogens (primary N) is 1. The molecule has 0 radical (unpaired) electrons. The first-order valence-electron chi connectivity index (χ1n) is 11.1. The van der Waals surface area contributed by atoms with Crippen molar-refractivity contribution >= 4 is 17.8 Å². The lowest BCUT2D eigenvalue weighted by Crippen LogP contribution is -2.49. The van der Waals surface area contributed by atoms with Gasteiger partial charge in [0.1, 0.15) is 0 Å². The summed E-state index contributed by atoms with van der Waals surface area (Å²) >= 11 is 0. The van der Waals surface area contributed by atoms with E-state index in [4.69, 9.17) is 10.7 Å². The van der Waals surface area contributed by atoms with Crippen molar-refractivity contribution in [2.24, 2.45) is 16.6 Å². The van der Waals surface area contributed by atoms with E-state index in [-0.39, 0.29) is 23.7 Å². The first-order chi connectivity index (χ1) is 15.1. The summed E-state index contributed by atoms with van der Waals surface area (Å²) in [6, 6.07) is 19.2. The van der Waals surface area contributed by atoms with E-state index in [1.807, 2.05) is 72.5 Å². The molecule has 2 N–H and O–H groups in total. The molecule has 2 aromatic rings. The molecule has 2 aliphatic rings. The molecule has 0 bridgehead atoms. The monoisotopic (exact) mass is 418 g/mol. The number of benzene rings is 2. The number of hydrogen-bond donors (Lipinski definition) is 1. The molecule has 1 fully saturated rings. The topological polar surface area (TPSA) is 79.0 Å². The Kier molecular flexibility index (Phi) is 6.07. The van der Waals surface area contributed by atoms with E-state index in [1.165, 1.54) is 0 Å². The van der Waals surface area contributed by atoms with E-state index in [9.17, 15) is 9.59 Å². The normalized spacial score (nSPS) is 20.6. The smallest absolute Gasteiger partial charge is 0.266 e. The van der Waals surface area contributed by atoms with Crippen LogP contribution >= 0.6 is 0 Å². The number of guanidine groups is 1. The summed E-state index contributed by atoms with van der Waals surface area (Å²) in [5, 5.41) is 0. The van der Waals surface area contributed by atoms with Crippen molar-refractivity contribution in [2.75, 3.05) is 19.6 Å². The zero-order valence-corrected chi connectivity index (χ0v) is 18.0. The zero-order chi connectivity index (χ0) is 21.8. The Bertz CT molecular complexity index is 919. The molecule has 4 rings (SSSR count). The summed E-state index contributed by atoms with van der Waals surface area (Å²) in [7, 11) is 0. The highest BCUT2D eigenvalue weighted by atomic mass is 16.2. The van der Waals surface area contributed by atoms with Gasteiger partial charge in [-0.1, -0.05) is 67.6 Å². The molecule has 0 saturated carbocycles. The van der Waals surface area contributed by atoms with Crippen molar-refractivity contribution in [1.82, 2.24) is 9.80 Å². The maximum atomic E-state index is 13.9. The van der Waals surface area contributed by atoms with Gasteiger partial charge in [0.25, 0.3) is 5.91 Å². The van der Waals surface area contributed by atoms with Crippen LogP contribution in [0.5, 0.6) is 0 Å². The molecule has 0 spiro atoms. The lowest BCUT2D eigenvalue weighted by Gasteiger charge is -2.35. The van der Waals surface area contributed by atoms with Crippen molar-refractivity contribution in [1.29, 1.82) is 0 Å². The van der Waals surface area contributed by atoms with Gasteiger partial charge < -0.3 is 10.6 Å². The van der Waals surface area contributed by atoms with Crippen molar-refractivity contribution < 1.29 is 9.59 Å². The fraction of sp³-hybridized carbons (Fsp3) is 0.400. The molecule has 2 aliphatic heterocycles. The summed E-state index contributed by atoms with van der Waals surface area (Å²) in [6.45, 7) is 3.96. The number of carbonyl (C=O) groups excluding carboxylic acids is 2. The third kappa shape index (κ3) is 3.94. The van der Waals surface area contributed by atoms with Gasteiger partial charge in [0.2, 0.25) is 5.91 Å². The van der Waals surface area contributed by atoms with Crippen LogP contribution in [0.2, 0.25) is 0 Å². The molecule has 162 valence electrons. The summed E-state index contributed by atoms with van der Waals surface area (Å²) < 4.78 is 0. The van der Waals surface area contributed by atoms with Gasteiger partial charge in [-0.15, -0.1) is 0 Å². The predicted molar refractivity (Wildman–Crippen MR) is 121 cm³/mol. The summed E-state index contributed by atoms with van der Waals surface area (Å²) in [6.07, 6.45) is 3.34. The lowest BCUT2D eigenvalue weighted by atomic mass is 9.82. The molecule has 6 nitrogen and oxygen atoms in total. The van der Waals surface area contributed by atoms with Crippen LogP contribution in [-0.2, 0) is 15.1 Å². The Balaban J connectivity index is 1.61. The van der Waals surface area contributed by atoms with Gasteiger partial charge in [0, 0.05) is 26.1 Å². The highest BCUT2D eigenvalue weighted by Crippen LogP contribution is 2.40. The maximum Gasteiger partial charge on any atom is 0.266 e. The Morgan fingerprint density at radius 2 is 1.71 bits per heavy atom. The van der Waals surface area contributed by atoms with Gasteiger partial charge >= 0.3 is 0 Å². The zero-order valence-electron chi connectivity index (χ0n) is 18.0. The van der Waals surface area contributed by atoms with E-state index in [0.29, 0.717) is 19.5 Å². The Hall–Kier alpha value is -3.15. The Labute approximate surface area is 183 Å². The first kappa shape index (κ1) is 21.1. The standard InChI is InChI=1S/C25H30N4O2/c1-2-10-22(30)28-16-9-11-19(17-28)18-29-23(31)25(27-24(29)26,20-12-5-3-6-13-20)21-14-7-4-8-15-21/h3-8,12-15,19H,2,9-11,16-18H2,1H3,(H2,26,27)/t19-/m0/s1. The fourth-order valence-corrected chi connectivity index (χ4v) is 4.73. The first-order valence-corrected chi connectivity index (χ1v) is 11.1. The summed E-state index contributed by atoms with van der Waals surface area (Å²) in [5.74, 6) is 0.508. The van der Waals surface area contributed by atoms with Crippen molar-refractivity contribution in [2.45, 2.75) is 38.1 Å². The van der Waals surface area contributed by atoms with Gasteiger partial charge in [0.15, 0.2) is 11.5 Å². The highest BCUT2D eigenvalue weighted by molar-refractivity contribution is 6.09. The Morgan fingerprint density at radius 1 is 1.10 bits per heavy atom. The van der Waals surface area contributed by atoms with Gasteiger partial charge in [-0.3, -0.25) is 14.5 Å². The molecular weight excluding hydrogens is 388 g/mol. The van der Waals surface area contributed by atoms with Crippen LogP contribution in [0.25, 0.3) is 0 Å². The van der Waals surface area contributed by atoms with E-state index in [1.54, 1.807) is 4.90 Å². The molecule has 2 amide bonds. The highest BCUT2D eigenvalue weighted by Gasteiger charge is 2.50. The lowest BCUT2D eigenvalue weighted by molar-refractivity contribution is -0.133. The fourth-order valence-electron chi connectivity index (χ4n) is 4.73. The number of nitrogens with zero attached hydrogens (tertiary/aromatic N) is 3. The second-order valence-corrected chi connectivity index (χ2v) is 8.43. The number of piperidine rings is 1. The van der Waals surface area contributed by atoms with Crippen LogP contribution in [0.15, 0.2) is 65.7 Å². The van der Waals surface area contributed by atoms with E-state index in [0.717, 1.165) is 36.9 Å². The average molecular weight is 419 g/mol. The molecule has 1 saturated heterocycles. The van der Waals surface area contributed by atoms with Crippen molar-refractivity contribution in [3.63, 3.8) is 0 Å². The molecular formula is C25H30N4O2. The molecule has 31 heavy (non-hydrogen) atoms. The van der Waals surface area contributed by atoms with Crippen molar-refractivity contribution in [3.05, 3.63) is 71.8 Å². The number of rotatable bonds is 6. The van der Waals surface area contributed by atoms with Gasteiger partial charge in [-0.2, -0.15) is 0 Å². The van der Waals surface area contributed by atoms with E-state index >= 15 is 0 Å². The van der Waals surface area contributed by atoms with Crippen LogP contribution in [-0.4, -0.2) is 47.2 Å². The molecule has 1 atom stereocenters. The number of carbonyl (C=O) groups is 2. The molecule has 2 heterocycles. The molecule has 0 unspecified atom stereocenters. The SMILES string of the molecule is CCCC(=O)N1CCC[C@H](CN2C(=O)C(c3ccccc3)(c3ccccc3)N=C2N)C1. The molecule has 0 aliphatic carbocycles. The minimum Gasteiger partial charge on any atom is -0.369 e. The van der Waals surface area contributed by atoms with Crippen LogP contribution in [0, 0.1) is 5.92 Å². The van der Waals surface area contributed by atoms with E-state index in [2.05, 4.69) is 0 Å². The van der Waals surface area contributed by atoms with Crippen LogP contribution in [0.1, 0.15) is 43.7 Å². The third-order valence-corrected chi connectivity index (χ3v) is 6.27. The number of likely N-dealkylation sites (tertiary alicyclic amines) is 1. The van der Waals surface area contributed by atoms with Gasteiger partial charge in [-0.25, -0.2) is 4.99 Å². The van der Waals surface area contributed by atoms with Gasteiger partial charge in [-0.05, 0) is 36.3 Å². The van der Waals surface area contributed by atoms with Crippen LogP contribution < -0.4 is 5.73 Å². The van der Waals surface area contributed by atoms with E-state index < -0.39 is 5.54 Å². The van der Waals surface area contributed by atoms with Gasteiger partial charge in [0.05, 0.1) is 0 Å². The predicted octanol–water partition coefficient (Wildman–Crippen LogP) is 3.13. The molecule has 6 heteroatoms. The quantitative estimate of drug-likeness (QED) is 0.783. The number of amides is 2. The third-order valence-electron chi connectivity index (χ3n) is 6.27. The maximum absolute atomic E-state index is 13.9. The minimum atomic E-state index is -1.17. The molecule has 2 aromatic carbocycles. The summed E-state index contributed by atoms with van der Waals surface area (Å²) in [5.41, 5.74) is 6.80. The molecule has 0 aromatic heterocycles. The van der Waals surface area contributed by atoms with Crippen LogP contribution in [0.3, 0.4) is 0 Å². The largest absolute Gasteiger partial charge is 0.369 e. The summed E-state index contributed by atoms with van der Waals surface area (Å²) in [4.78, 5) is 34.6. The Morgan fingerprint density at radius 3 is 2.29 bits per heavy atom. The second-order valence-electron chi connectivity index (χ2n) is 8.43. The van der Waals surface area contributed by atoms with Crippen molar-refractivity contribution in [3.8, 4) is 0 Å².